The van der Waals surface area contributed by atoms with Crippen molar-refractivity contribution in [3.8, 4) is 0 Å². The van der Waals surface area contributed by atoms with Crippen LogP contribution in [0.3, 0.4) is 0 Å². The van der Waals surface area contributed by atoms with E-state index in [0.717, 1.165) is 39.3 Å². The molecule has 0 amide bonds. The van der Waals surface area contributed by atoms with E-state index in [4.69, 9.17) is 5.11 Å². The first-order valence-corrected chi connectivity index (χ1v) is 6.90. The largest absolute Gasteiger partial charge is 0.395 e. The summed E-state index contributed by atoms with van der Waals surface area (Å²) in [6.45, 7) is 8.95. The van der Waals surface area contributed by atoms with Gasteiger partial charge in [0.1, 0.15) is 0 Å². The van der Waals surface area contributed by atoms with Gasteiger partial charge in [-0.3, -0.25) is 4.90 Å². The minimum absolute atomic E-state index is 0.278. The molecule has 3 heteroatoms. The molecule has 1 aromatic carbocycles. The zero-order valence-electron chi connectivity index (χ0n) is 11.3. The molecule has 1 aliphatic heterocycles. The molecule has 0 unspecified atom stereocenters. The topological polar surface area (TPSA) is 26.7 Å². The van der Waals surface area contributed by atoms with Gasteiger partial charge >= 0.3 is 0 Å². The summed E-state index contributed by atoms with van der Waals surface area (Å²) in [5, 5.41) is 8.92. The van der Waals surface area contributed by atoms with E-state index in [1.165, 1.54) is 5.56 Å². The fraction of sp³-hybridized carbons (Fsp3) is 0.600. The zero-order valence-corrected chi connectivity index (χ0v) is 11.3. The number of β-amino-alcohol motifs (C(OH)–C–C–N with tert-alkyl or cyclic N) is 1. The number of aliphatic hydroxyl groups excluding tert-OH is 1. The van der Waals surface area contributed by atoms with Crippen molar-refractivity contribution in [1.29, 1.82) is 0 Å². The van der Waals surface area contributed by atoms with Gasteiger partial charge in [-0.1, -0.05) is 37.3 Å². The van der Waals surface area contributed by atoms with Crippen LogP contribution in [0.5, 0.6) is 0 Å². The van der Waals surface area contributed by atoms with Crippen molar-refractivity contribution in [3.05, 3.63) is 35.9 Å². The van der Waals surface area contributed by atoms with Crippen LogP contribution in [-0.4, -0.2) is 60.8 Å². The number of hydrogen-bond acceptors (Lipinski definition) is 3. The monoisotopic (exact) mass is 248 g/mol. The molecule has 0 radical (unpaired) electrons. The first kappa shape index (κ1) is 13.5. The van der Waals surface area contributed by atoms with Crippen LogP contribution in [0.15, 0.2) is 30.3 Å². The number of piperazine rings is 1. The Morgan fingerprint density at radius 3 is 2.28 bits per heavy atom. The van der Waals surface area contributed by atoms with Crippen molar-refractivity contribution in [2.45, 2.75) is 12.8 Å². The molecule has 18 heavy (non-hydrogen) atoms. The van der Waals surface area contributed by atoms with Crippen molar-refractivity contribution < 1.29 is 5.11 Å². The van der Waals surface area contributed by atoms with Crippen LogP contribution >= 0.6 is 0 Å². The van der Waals surface area contributed by atoms with E-state index >= 15 is 0 Å². The lowest BCUT2D eigenvalue weighted by Gasteiger charge is -2.35. The molecule has 1 fully saturated rings. The highest BCUT2D eigenvalue weighted by molar-refractivity contribution is 5.19. The summed E-state index contributed by atoms with van der Waals surface area (Å²) in [6, 6.07) is 10.7. The highest BCUT2D eigenvalue weighted by Gasteiger charge is 2.18. The Balaban J connectivity index is 1.78. The molecular weight excluding hydrogens is 224 g/mol. The average Bonchev–Trinajstić information content (AvgIpc) is 2.42. The highest BCUT2D eigenvalue weighted by Crippen LogP contribution is 2.16. The molecule has 3 nitrogen and oxygen atoms in total. The summed E-state index contributed by atoms with van der Waals surface area (Å²) in [5.41, 5.74) is 1.43. The van der Waals surface area contributed by atoms with Crippen LogP contribution < -0.4 is 0 Å². The standard InChI is InChI=1S/C15H24N2O/c1-14(15-5-3-2-4-6-15)13-17-9-7-16(8-10-17)11-12-18/h2-6,14,18H,7-13H2,1H3/t14-/m1/s1. The van der Waals surface area contributed by atoms with Gasteiger partial charge in [0, 0.05) is 39.3 Å². The molecule has 1 N–H and O–H groups in total. The fourth-order valence-electron chi connectivity index (χ4n) is 2.61. The zero-order chi connectivity index (χ0) is 12.8. The van der Waals surface area contributed by atoms with Crippen molar-refractivity contribution in [1.82, 2.24) is 9.80 Å². The summed E-state index contributed by atoms with van der Waals surface area (Å²) in [7, 11) is 0. The smallest absolute Gasteiger partial charge is 0.0558 e. The van der Waals surface area contributed by atoms with E-state index in [1.807, 2.05) is 0 Å². The van der Waals surface area contributed by atoms with Crippen molar-refractivity contribution in [2.24, 2.45) is 0 Å². The quantitative estimate of drug-likeness (QED) is 0.853. The van der Waals surface area contributed by atoms with Gasteiger partial charge in [-0.05, 0) is 11.5 Å². The third kappa shape index (κ3) is 3.80. The van der Waals surface area contributed by atoms with Crippen LogP contribution in [0.4, 0.5) is 0 Å². The Bertz CT molecular complexity index is 334. The molecule has 0 spiro atoms. The molecule has 1 heterocycles. The van der Waals surface area contributed by atoms with Crippen molar-refractivity contribution >= 4 is 0 Å². The molecule has 0 saturated carbocycles. The Hall–Kier alpha value is -0.900. The molecule has 1 atom stereocenters. The fourth-order valence-corrected chi connectivity index (χ4v) is 2.61. The van der Waals surface area contributed by atoms with E-state index in [2.05, 4.69) is 47.1 Å². The highest BCUT2D eigenvalue weighted by atomic mass is 16.3. The lowest BCUT2D eigenvalue weighted by atomic mass is 10.0. The van der Waals surface area contributed by atoms with Crippen LogP contribution in [0.25, 0.3) is 0 Å². The predicted molar refractivity (Wildman–Crippen MR) is 74.8 cm³/mol. The van der Waals surface area contributed by atoms with Gasteiger partial charge in [0.2, 0.25) is 0 Å². The van der Waals surface area contributed by atoms with Crippen LogP contribution in [-0.2, 0) is 0 Å². The maximum absolute atomic E-state index is 8.92. The van der Waals surface area contributed by atoms with Gasteiger partial charge in [-0.25, -0.2) is 0 Å². The molecule has 1 aromatic rings. The maximum Gasteiger partial charge on any atom is 0.0558 e. The molecule has 1 saturated heterocycles. The normalized spacial score (nSPS) is 19.9. The second-order valence-corrected chi connectivity index (χ2v) is 5.18. The summed E-state index contributed by atoms with van der Waals surface area (Å²) in [4.78, 5) is 4.87. The minimum Gasteiger partial charge on any atom is -0.395 e. The summed E-state index contributed by atoms with van der Waals surface area (Å²) >= 11 is 0. The number of rotatable bonds is 5. The predicted octanol–water partition coefficient (Wildman–Crippen LogP) is 1.40. The molecule has 0 bridgehead atoms. The van der Waals surface area contributed by atoms with E-state index < -0.39 is 0 Å². The van der Waals surface area contributed by atoms with Gasteiger partial charge in [0.05, 0.1) is 6.61 Å². The van der Waals surface area contributed by atoms with Crippen LogP contribution in [0.1, 0.15) is 18.4 Å². The molecule has 1 aliphatic rings. The lowest BCUT2D eigenvalue weighted by Crippen LogP contribution is -2.47. The third-order valence-electron chi connectivity index (χ3n) is 3.78. The Kier molecular flexibility index (Phi) is 5.17. The van der Waals surface area contributed by atoms with Gasteiger partial charge in [0.25, 0.3) is 0 Å². The van der Waals surface area contributed by atoms with Gasteiger partial charge in [-0.15, -0.1) is 0 Å². The second kappa shape index (κ2) is 6.88. The number of benzene rings is 1. The molecule has 0 aliphatic carbocycles. The Morgan fingerprint density at radius 2 is 1.67 bits per heavy atom. The number of hydrogen-bond donors (Lipinski definition) is 1. The first-order chi connectivity index (χ1) is 8.79. The summed E-state index contributed by atoms with van der Waals surface area (Å²) in [6.07, 6.45) is 0. The Morgan fingerprint density at radius 1 is 1.06 bits per heavy atom. The second-order valence-electron chi connectivity index (χ2n) is 5.18. The van der Waals surface area contributed by atoms with Gasteiger partial charge in [0.15, 0.2) is 0 Å². The number of nitrogens with zero attached hydrogens (tertiary/aromatic N) is 2. The lowest BCUT2D eigenvalue weighted by molar-refractivity contribution is 0.109. The third-order valence-corrected chi connectivity index (χ3v) is 3.78. The average molecular weight is 248 g/mol. The first-order valence-electron chi connectivity index (χ1n) is 6.90. The van der Waals surface area contributed by atoms with E-state index in [-0.39, 0.29) is 6.61 Å². The summed E-state index contributed by atoms with van der Waals surface area (Å²) in [5.74, 6) is 0.593. The molecule has 0 aromatic heterocycles. The Labute approximate surface area is 110 Å². The van der Waals surface area contributed by atoms with Crippen molar-refractivity contribution in [2.75, 3.05) is 45.9 Å². The van der Waals surface area contributed by atoms with E-state index in [0.29, 0.717) is 5.92 Å². The SMILES string of the molecule is C[C@H](CN1CCN(CCO)CC1)c1ccccc1. The van der Waals surface area contributed by atoms with Crippen LogP contribution in [0.2, 0.25) is 0 Å². The molecule has 100 valence electrons. The molecule has 2 rings (SSSR count). The summed E-state index contributed by atoms with van der Waals surface area (Å²) < 4.78 is 0. The number of aliphatic hydroxyl groups is 1. The van der Waals surface area contributed by atoms with E-state index in [1.54, 1.807) is 0 Å². The van der Waals surface area contributed by atoms with Gasteiger partial charge in [-0.2, -0.15) is 0 Å². The van der Waals surface area contributed by atoms with Crippen LogP contribution in [0, 0.1) is 0 Å². The van der Waals surface area contributed by atoms with E-state index in [9.17, 15) is 0 Å². The van der Waals surface area contributed by atoms with Gasteiger partial charge < -0.3 is 10.0 Å². The minimum atomic E-state index is 0.278. The van der Waals surface area contributed by atoms with Crippen molar-refractivity contribution in [3.63, 3.8) is 0 Å². The maximum atomic E-state index is 8.92. The molecular formula is C15H24N2O.